The van der Waals surface area contributed by atoms with E-state index in [0.29, 0.717) is 29.9 Å². The van der Waals surface area contributed by atoms with Gasteiger partial charge in [-0.2, -0.15) is 10.4 Å². The highest BCUT2D eigenvalue weighted by Gasteiger charge is 2.32. The van der Waals surface area contributed by atoms with Crippen LogP contribution in [0.15, 0.2) is 36.7 Å². The molecule has 3 heterocycles. The minimum atomic E-state index is 0.220. The Morgan fingerprint density at radius 3 is 2.78 bits per heavy atom. The van der Waals surface area contributed by atoms with Gasteiger partial charge in [0.2, 0.25) is 0 Å². The second-order valence-corrected chi connectivity index (χ2v) is 8.47. The van der Waals surface area contributed by atoms with Crippen LogP contribution in [0.4, 0.5) is 11.6 Å². The van der Waals surface area contributed by atoms with E-state index in [9.17, 15) is 0 Å². The molecule has 0 spiro atoms. The summed E-state index contributed by atoms with van der Waals surface area (Å²) in [6.45, 7) is 7.19. The van der Waals surface area contributed by atoms with E-state index < -0.39 is 0 Å². The minimum absolute atomic E-state index is 0.220. The Morgan fingerprint density at radius 2 is 2.06 bits per heavy atom. The standard InChI is InChI=1S/C23H27N7O2/c1-23(2)7-8-25-11-15(23)14-32-19-6-4-5-18(31-3)22(19)17-9-20(30-29-17)28-21-13-26-16(10-24)12-27-21/h4-6,9,12-13,15,25H,7-8,11,14H2,1-3H3,(H2,27,28,29,30). The molecule has 1 saturated heterocycles. The van der Waals surface area contributed by atoms with Crippen LogP contribution in [-0.2, 0) is 0 Å². The van der Waals surface area contributed by atoms with Crippen LogP contribution >= 0.6 is 0 Å². The van der Waals surface area contributed by atoms with Crippen molar-refractivity contribution in [3.05, 3.63) is 42.4 Å². The van der Waals surface area contributed by atoms with Crippen molar-refractivity contribution >= 4 is 11.6 Å². The predicted octanol–water partition coefficient (Wildman–Crippen LogP) is 3.51. The van der Waals surface area contributed by atoms with Gasteiger partial charge < -0.3 is 20.1 Å². The van der Waals surface area contributed by atoms with Crippen LogP contribution in [0.25, 0.3) is 11.3 Å². The third-order valence-electron chi connectivity index (χ3n) is 5.96. The Hall–Kier alpha value is -3.64. The molecule has 9 heteroatoms. The summed E-state index contributed by atoms with van der Waals surface area (Å²) < 4.78 is 11.9. The third kappa shape index (κ3) is 4.65. The van der Waals surface area contributed by atoms with Gasteiger partial charge in [0.25, 0.3) is 0 Å². The highest BCUT2D eigenvalue weighted by atomic mass is 16.5. The number of nitrogens with one attached hydrogen (secondary N) is 3. The first-order chi connectivity index (χ1) is 15.5. The summed E-state index contributed by atoms with van der Waals surface area (Å²) in [5, 5.41) is 22.8. The molecule has 1 aromatic carbocycles. The number of ether oxygens (including phenoxy) is 2. The van der Waals surface area contributed by atoms with Crippen molar-refractivity contribution in [1.82, 2.24) is 25.5 Å². The number of hydrogen-bond donors (Lipinski definition) is 3. The van der Waals surface area contributed by atoms with Gasteiger partial charge in [-0.25, -0.2) is 9.97 Å². The Bertz CT molecular complexity index is 1100. The van der Waals surface area contributed by atoms with Crippen LogP contribution in [-0.4, -0.2) is 47.0 Å². The van der Waals surface area contributed by atoms with E-state index in [4.69, 9.17) is 14.7 Å². The zero-order valence-electron chi connectivity index (χ0n) is 18.5. The number of piperidine rings is 1. The topological polar surface area (TPSA) is 121 Å². The largest absolute Gasteiger partial charge is 0.496 e. The molecule has 0 radical (unpaired) electrons. The van der Waals surface area contributed by atoms with Crippen molar-refractivity contribution in [3.63, 3.8) is 0 Å². The summed E-state index contributed by atoms with van der Waals surface area (Å²) in [7, 11) is 1.64. The lowest BCUT2D eigenvalue weighted by atomic mass is 9.74. The lowest BCUT2D eigenvalue weighted by Crippen LogP contribution is -2.44. The monoisotopic (exact) mass is 433 g/mol. The quantitative estimate of drug-likeness (QED) is 0.518. The van der Waals surface area contributed by atoms with Gasteiger partial charge in [-0.3, -0.25) is 5.10 Å². The van der Waals surface area contributed by atoms with Gasteiger partial charge in [-0.15, -0.1) is 0 Å². The van der Waals surface area contributed by atoms with Gasteiger partial charge in [0.1, 0.15) is 23.4 Å². The van der Waals surface area contributed by atoms with Crippen LogP contribution in [0, 0.1) is 22.7 Å². The summed E-state index contributed by atoms with van der Waals surface area (Å²) in [4.78, 5) is 8.18. The van der Waals surface area contributed by atoms with E-state index in [1.54, 1.807) is 7.11 Å². The van der Waals surface area contributed by atoms with Crippen LogP contribution in [0.5, 0.6) is 11.5 Å². The average molecular weight is 434 g/mol. The lowest BCUT2D eigenvalue weighted by Gasteiger charge is -2.38. The summed E-state index contributed by atoms with van der Waals surface area (Å²) >= 11 is 0. The summed E-state index contributed by atoms with van der Waals surface area (Å²) in [6.07, 6.45) is 4.02. The van der Waals surface area contributed by atoms with E-state index in [1.807, 2.05) is 30.3 Å². The molecular formula is C23H27N7O2. The first-order valence-corrected chi connectivity index (χ1v) is 10.6. The maximum absolute atomic E-state index is 8.86. The molecule has 32 heavy (non-hydrogen) atoms. The maximum Gasteiger partial charge on any atom is 0.158 e. The van der Waals surface area contributed by atoms with Crippen LogP contribution in [0.2, 0.25) is 0 Å². The molecule has 4 rings (SSSR count). The number of rotatable bonds is 7. The normalized spacial score (nSPS) is 17.4. The Morgan fingerprint density at radius 1 is 1.22 bits per heavy atom. The lowest BCUT2D eigenvalue weighted by molar-refractivity contribution is 0.0964. The van der Waals surface area contributed by atoms with Gasteiger partial charge >= 0.3 is 0 Å². The predicted molar refractivity (Wildman–Crippen MR) is 121 cm³/mol. The fourth-order valence-electron chi connectivity index (χ4n) is 3.80. The van der Waals surface area contributed by atoms with E-state index in [1.165, 1.54) is 12.4 Å². The number of hydrogen-bond acceptors (Lipinski definition) is 8. The van der Waals surface area contributed by atoms with E-state index in [2.05, 4.69) is 44.6 Å². The number of benzene rings is 1. The van der Waals surface area contributed by atoms with E-state index in [0.717, 1.165) is 36.5 Å². The SMILES string of the molecule is COc1cccc(OCC2CNCCC2(C)C)c1-c1cc(Nc2cnc(C#N)cn2)n[nH]1. The highest BCUT2D eigenvalue weighted by molar-refractivity contribution is 5.76. The molecule has 1 atom stereocenters. The van der Waals surface area contributed by atoms with Crippen molar-refractivity contribution in [2.24, 2.45) is 11.3 Å². The van der Waals surface area contributed by atoms with Crippen molar-refractivity contribution in [2.45, 2.75) is 20.3 Å². The number of nitrogens with zero attached hydrogens (tertiary/aromatic N) is 4. The molecule has 2 aromatic heterocycles. The molecule has 1 unspecified atom stereocenters. The summed E-state index contributed by atoms with van der Waals surface area (Å²) in [5.41, 5.74) is 2.04. The fourth-order valence-corrected chi connectivity index (χ4v) is 3.80. The Labute approximate surface area is 187 Å². The van der Waals surface area contributed by atoms with Crippen molar-refractivity contribution in [3.8, 4) is 28.8 Å². The molecule has 1 fully saturated rings. The van der Waals surface area contributed by atoms with E-state index in [-0.39, 0.29) is 11.1 Å². The van der Waals surface area contributed by atoms with E-state index >= 15 is 0 Å². The molecule has 3 aromatic rings. The Balaban J connectivity index is 1.55. The molecule has 0 amide bonds. The highest BCUT2D eigenvalue weighted by Crippen LogP contribution is 2.40. The molecule has 0 bridgehead atoms. The van der Waals surface area contributed by atoms with Crippen LogP contribution in [0.3, 0.4) is 0 Å². The van der Waals surface area contributed by atoms with Crippen LogP contribution in [0.1, 0.15) is 26.0 Å². The molecule has 166 valence electrons. The molecule has 1 aliphatic rings. The summed E-state index contributed by atoms with van der Waals surface area (Å²) in [6, 6.07) is 9.57. The van der Waals surface area contributed by atoms with Gasteiger partial charge in [-0.05, 0) is 30.5 Å². The first kappa shape index (κ1) is 21.6. The molecule has 9 nitrogen and oxygen atoms in total. The van der Waals surface area contributed by atoms with Gasteiger partial charge in [-0.1, -0.05) is 19.9 Å². The second kappa shape index (κ2) is 9.24. The second-order valence-electron chi connectivity index (χ2n) is 8.47. The van der Waals surface area contributed by atoms with Crippen molar-refractivity contribution < 1.29 is 9.47 Å². The van der Waals surface area contributed by atoms with Crippen molar-refractivity contribution in [2.75, 3.05) is 32.1 Å². The smallest absolute Gasteiger partial charge is 0.158 e. The Kier molecular flexibility index (Phi) is 6.23. The third-order valence-corrected chi connectivity index (χ3v) is 5.96. The zero-order chi connectivity index (χ0) is 22.6. The van der Waals surface area contributed by atoms with Crippen LogP contribution < -0.4 is 20.1 Å². The number of aromatic nitrogens is 4. The molecular weight excluding hydrogens is 406 g/mol. The maximum atomic E-state index is 8.86. The zero-order valence-corrected chi connectivity index (χ0v) is 18.5. The van der Waals surface area contributed by atoms with Gasteiger partial charge in [0.15, 0.2) is 11.5 Å². The number of aromatic amines is 1. The first-order valence-electron chi connectivity index (χ1n) is 10.6. The van der Waals surface area contributed by atoms with Gasteiger partial charge in [0.05, 0.1) is 37.4 Å². The number of anilines is 2. The molecule has 3 N–H and O–H groups in total. The number of nitriles is 1. The van der Waals surface area contributed by atoms with Gasteiger partial charge in [0, 0.05) is 18.5 Å². The van der Waals surface area contributed by atoms with Crippen molar-refractivity contribution in [1.29, 1.82) is 5.26 Å². The molecule has 0 saturated carbocycles. The average Bonchev–Trinajstić information content (AvgIpc) is 3.26. The molecule has 0 aliphatic carbocycles. The number of H-pyrrole nitrogens is 1. The summed E-state index contributed by atoms with van der Waals surface area (Å²) in [5.74, 6) is 2.89. The molecule has 1 aliphatic heterocycles. The fraction of sp³-hybridized carbons (Fsp3) is 0.391. The number of methoxy groups -OCH3 is 1. The minimum Gasteiger partial charge on any atom is -0.496 e.